The first-order valence-corrected chi connectivity index (χ1v) is 7.04. The number of rotatable bonds is 5. The number of hydrogen-bond donors (Lipinski definition) is 2. The molecule has 2 aromatic heterocycles. The third-order valence-electron chi connectivity index (χ3n) is 3.30. The van der Waals surface area contributed by atoms with Gasteiger partial charge in [-0.15, -0.1) is 10.2 Å². The molecule has 2 heterocycles. The molecule has 3 rings (SSSR count). The van der Waals surface area contributed by atoms with Crippen LogP contribution in [0.1, 0.15) is 12.5 Å². The maximum atomic E-state index is 12.1. The molecule has 0 aliphatic heterocycles. The lowest BCUT2D eigenvalue weighted by Crippen LogP contribution is -2.23. The van der Waals surface area contributed by atoms with Gasteiger partial charge in [0.05, 0.1) is 6.54 Å². The SMILES string of the molecule is CCc1ccccc1NC(=O)CNc1nccn2cnnc12. The van der Waals surface area contributed by atoms with Crippen LogP contribution in [-0.2, 0) is 11.2 Å². The van der Waals surface area contributed by atoms with E-state index in [1.165, 1.54) is 0 Å². The normalized spacial score (nSPS) is 10.6. The standard InChI is InChI=1S/C15H16N6O/c1-2-11-5-3-4-6-12(11)19-13(22)9-17-14-15-20-18-10-21(15)8-7-16-14/h3-8,10H,2,9H2,1H3,(H,16,17)(H,19,22). The maximum Gasteiger partial charge on any atom is 0.243 e. The number of aryl methyl sites for hydroxylation is 1. The second-order valence-electron chi connectivity index (χ2n) is 4.75. The van der Waals surface area contributed by atoms with Crippen molar-refractivity contribution in [3.8, 4) is 0 Å². The van der Waals surface area contributed by atoms with Crippen molar-refractivity contribution in [1.82, 2.24) is 19.6 Å². The van der Waals surface area contributed by atoms with Crippen molar-refractivity contribution >= 4 is 23.1 Å². The van der Waals surface area contributed by atoms with Crippen molar-refractivity contribution in [1.29, 1.82) is 0 Å². The Morgan fingerprint density at radius 2 is 2.18 bits per heavy atom. The van der Waals surface area contributed by atoms with Gasteiger partial charge in [-0.25, -0.2) is 4.98 Å². The predicted octanol–water partition coefficient (Wildman–Crippen LogP) is 1.74. The second-order valence-corrected chi connectivity index (χ2v) is 4.75. The van der Waals surface area contributed by atoms with E-state index in [4.69, 9.17) is 0 Å². The van der Waals surface area contributed by atoms with Crippen LogP contribution in [0.3, 0.4) is 0 Å². The number of anilines is 2. The van der Waals surface area contributed by atoms with Gasteiger partial charge < -0.3 is 10.6 Å². The van der Waals surface area contributed by atoms with E-state index in [1.54, 1.807) is 23.1 Å². The lowest BCUT2D eigenvalue weighted by Gasteiger charge is -2.10. The summed E-state index contributed by atoms with van der Waals surface area (Å²) in [5.41, 5.74) is 2.53. The molecule has 112 valence electrons. The molecule has 0 spiro atoms. The Balaban J connectivity index is 1.66. The first-order chi connectivity index (χ1) is 10.8. The minimum Gasteiger partial charge on any atom is -0.358 e. The van der Waals surface area contributed by atoms with Gasteiger partial charge in [-0.05, 0) is 18.1 Å². The predicted molar refractivity (Wildman–Crippen MR) is 83.7 cm³/mol. The smallest absolute Gasteiger partial charge is 0.243 e. The summed E-state index contributed by atoms with van der Waals surface area (Å²) in [5, 5.41) is 13.7. The van der Waals surface area contributed by atoms with Crippen molar-refractivity contribution < 1.29 is 4.79 Å². The van der Waals surface area contributed by atoms with Crippen LogP contribution in [0.2, 0.25) is 0 Å². The molecule has 7 nitrogen and oxygen atoms in total. The number of benzene rings is 1. The Morgan fingerprint density at radius 3 is 3.05 bits per heavy atom. The summed E-state index contributed by atoms with van der Waals surface area (Å²) < 4.78 is 1.74. The maximum absolute atomic E-state index is 12.1. The third-order valence-corrected chi connectivity index (χ3v) is 3.30. The third kappa shape index (κ3) is 2.88. The van der Waals surface area contributed by atoms with Crippen LogP contribution in [0, 0.1) is 0 Å². The number of fused-ring (bicyclic) bond motifs is 1. The highest BCUT2D eigenvalue weighted by Crippen LogP contribution is 2.15. The summed E-state index contributed by atoms with van der Waals surface area (Å²) >= 11 is 0. The van der Waals surface area contributed by atoms with E-state index >= 15 is 0 Å². The van der Waals surface area contributed by atoms with Crippen LogP contribution >= 0.6 is 0 Å². The zero-order valence-corrected chi connectivity index (χ0v) is 12.2. The minimum atomic E-state index is -0.135. The highest BCUT2D eigenvalue weighted by atomic mass is 16.1. The van der Waals surface area contributed by atoms with Gasteiger partial charge >= 0.3 is 0 Å². The number of carbonyl (C=O) groups is 1. The highest BCUT2D eigenvalue weighted by Gasteiger charge is 2.08. The van der Waals surface area contributed by atoms with Crippen LogP contribution in [0.15, 0.2) is 43.0 Å². The van der Waals surface area contributed by atoms with Crippen LogP contribution in [0.5, 0.6) is 0 Å². The molecule has 22 heavy (non-hydrogen) atoms. The summed E-state index contributed by atoms with van der Waals surface area (Å²) in [6.45, 7) is 2.16. The van der Waals surface area contributed by atoms with Crippen molar-refractivity contribution in [2.75, 3.05) is 17.2 Å². The van der Waals surface area contributed by atoms with Crippen molar-refractivity contribution in [3.05, 3.63) is 48.5 Å². The largest absolute Gasteiger partial charge is 0.358 e. The van der Waals surface area contributed by atoms with Gasteiger partial charge in [0.15, 0.2) is 5.82 Å². The van der Waals surface area contributed by atoms with Crippen LogP contribution < -0.4 is 10.6 Å². The molecule has 0 aliphatic carbocycles. The summed E-state index contributed by atoms with van der Waals surface area (Å²) in [5.74, 6) is 0.392. The Kier molecular flexibility index (Phi) is 3.95. The van der Waals surface area contributed by atoms with E-state index < -0.39 is 0 Å². The Morgan fingerprint density at radius 1 is 1.32 bits per heavy atom. The van der Waals surface area contributed by atoms with Gasteiger partial charge in [-0.3, -0.25) is 9.20 Å². The average Bonchev–Trinajstić information content (AvgIpc) is 3.02. The summed E-state index contributed by atoms with van der Waals surface area (Å²) in [6, 6.07) is 7.76. The van der Waals surface area contributed by atoms with Gasteiger partial charge in [0.25, 0.3) is 0 Å². The quantitative estimate of drug-likeness (QED) is 0.749. The topological polar surface area (TPSA) is 84.2 Å². The molecule has 2 N–H and O–H groups in total. The number of nitrogens with zero attached hydrogens (tertiary/aromatic N) is 4. The Labute approximate surface area is 127 Å². The summed E-state index contributed by atoms with van der Waals surface area (Å²) in [4.78, 5) is 16.3. The van der Waals surface area contributed by atoms with Crippen LogP contribution in [0.25, 0.3) is 5.65 Å². The monoisotopic (exact) mass is 296 g/mol. The van der Waals surface area contributed by atoms with Crippen molar-refractivity contribution in [2.45, 2.75) is 13.3 Å². The molecule has 0 atom stereocenters. The van der Waals surface area contributed by atoms with Crippen LogP contribution in [0.4, 0.5) is 11.5 Å². The number of amides is 1. The highest BCUT2D eigenvalue weighted by molar-refractivity contribution is 5.94. The van der Waals surface area contributed by atoms with E-state index in [0.717, 1.165) is 17.7 Å². The first-order valence-electron chi connectivity index (χ1n) is 7.04. The molecule has 0 unspecified atom stereocenters. The molecule has 0 bridgehead atoms. The van der Waals surface area contributed by atoms with E-state index in [-0.39, 0.29) is 12.5 Å². The first kappa shape index (κ1) is 14.0. The van der Waals surface area contributed by atoms with Gasteiger partial charge in [0, 0.05) is 18.1 Å². The minimum absolute atomic E-state index is 0.109. The molecular weight excluding hydrogens is 280 g/mol. The molecule has 3 aromatic rings. The lowest BCUT2D eigenvalue weighted by atomic mass is 10.1. The Bertz CT molecular complexity index is 797. The Hall–Kier alpha value is -2.96. The molecule has 0 aliphatic rings. The number of nitrogens with one attached hydrogen (secondary N) is 2. The van der Waals surface area contributed by atoms with Crippen molar-refractivity contribution in [2.24, 2.45) is 0 Å². The zero-order valence-electron chi connectivity index (χ0n) is 12.2. The number of hydrogen-bond acceptors (Lipinski definition) is 5. The zero-order chi connectivity index (χ0) is 15.4. The summed E-state index contributed by atoms with van der Waals surface area (Å²) in [7, 11) is 0. The van der Waals surface area contributed by atoms with E-state index in [9.17, 15) is 4.79 Å². The van der Waals surface area contributed by atoms with E-state index in [1.807, 2.05) is 24.3 Å². The fourth-order valence-corrected chi connectivity index (χ4v) is 2.19. The van der Waals surface area contributed by atoms with Crippen LogP contribution in [-0.4, -0.2) is 32.0 Å². The second kappa shape index (κ2) is 6.21. The van der Waals surface area contributed by atoms with E-state index in [2.05, 4.69) is 32.7 Å². The molecule has 1 aromatic carbocycles. The fraction of sp³-hybridized carbons (Fsp3) is 0.200. The number of para-hydroxylation sites is 1. The van der Waals surface area contributed by atoms with Gasteiger partial charge in [0.1, 0.15) is 6.33 Å². The average molecular weight is 296 g/mol. The molecule has 0 saturated carbocycles. The lowest BCUT2D eigenvalue weighted by molar-refractivity contribution is -0.114. The van der Waals surface area contributed by atoms with E-state index in [0.29, 0.717) is 11.5 Å². The number of aromatic nitrogens is 4. The van der Waals surface area contributed by atoms with Gasteiger partial charge in [0.2, 0.25) is 11.6 Å². The molecule has 0 radical (unpaired) electrons. The number of carbonyl (C=O) groups excluding carboxylic acids is 1. The summed E-state index contributed by atoms with van der Waals surface area (Å²) in [6.07, 6.45) is 5.82. The fourth-order valence-electron chi connectivity index (χ4n) is 2.19. The molecule has 0 saturated heterocycles. The van der Waals surface area contributed by atoms with Gasteiger partial charge in [-0.1, -0.05) is 25.1 Å². The molecule has 1 amide bonds. The molecule has 0 fully saturated rings. The molecule has 7 heteroatoms. The van der Waals surface area contributed by atoms with Crippen molar-refractivity contribution in [3.63, 3.8) is 0 Å². The van der Waals surface area contributed by atoms with Gasteiger partial charge in [-0.2, -0.15) is 0 Å². The molecular formula is C15H16N6O.